The first-order valence-corrected chi connectivity index (χ1v) is 25.9. The summed E-state index contributed by atoms with van der Waals surface area (Å²) in [6, 6.07) is -2.26. The maximum atomic E-state index is 14.1. The number of ether oxygens (including phenoxy) is 5. The zero-order valence-corrected chi connectivity index (χ0v) is 42.4. The summed E-state index contributed by atoms with van der Waals surface area (Å²) < 4.78 is 28.3. The van der Waals surface area contributed by atoms with Crippen molar-refractivity contribution in [1.82, 2.24) is 5.32 Å². The van der Waals surface area contributed by atoms with E-state index in [4.69, 9.17) is 29.4 Å². The molecule has 3 aliphatic rings. The summed E-state index contributed by atoms with van der Waals surface area (Å²) >= 11 is 1.42. The number of cyclic esters (lactones) is 1. The van der Waals surface area contributed by atoms with Gasteiger partial charge in [-0.15, -0.1) is 0 Å². The molecule has 2 fully saturated rings. The van der Waals surface area contributed by atoms with E-state index in [0.717, 1.165) is 7.11 Å². The van der Waals surface area contributed by atoms with Crippen LogP contribution in [0, 0.1) is 11.8 Å². The molecule has 20 nitrogen and oxygen atoms in total. The van der Waals surface area contributed by atoms with E-state index in [1.54, 1.807) is 79.8 Å². The second-order valence-electron chi connectivity index (χ2n) is 18.7. The molecule has 0 radical (unpaired) electrons. The Morgan fingerprint density at radius 2 is 1.38 bits per heavy atom. The van der Waals surface area contributed by atoms with Crippen LogP contribution in [0.25, 0.3) is 0 Å². The Morgan fingerprint density at radius 1 is 0.764 bits per heavy atom. The van der Waals surface area contributed by atoms with Gasteiger partial charge in [0.05, 0.1) is 93.1 Å². The number of amides is 1. The molecule has 13 N–H and O–H groups in total. The van der Waals surface area contributed by atoms with Crippen LogP contribution in [-0.4, -0.2) is 192 Å². The number of esters is 2. The number of allylic oxidation sites excluding steroid dienone is 12. The molecule has 1 amide bonds. The number of fused-ring (bicyclic) bond motifs is 2. The normalized spacial score (nSPS) is 40.5. The Bertz CT molecular complexity index is 1850. The molecule has 3 heterocycles. The number of methoxy groups -OCH3 is 1. The van der Waals surface area contributed by atoms with Crippen LogP contribution < -0.4 is 11.1 Å². The van der Waals surface area contributed by atoms with Crippen molar-refractivity contribution >= 4 is 29.6 Å². The Labute approximate surface area is 426 Å². The van der Waals surface area contributed by atoms with Gasteiger partial charge in [0.15, 0.2) is 12.1 Å². The second kappa shape index (κ2) is 32.6. The lowest BCUT2D eigenvalue weighted by atomic mass is 9.82. The van der Waals surface area contributed by atoms with Crippen molar-refractivity contribution in [3.05, 3.63) is 85.1 Å². The van der Waals surface area contributed by atoms with Gasteiger partial charge in [-0.1, -0.05) is 92.0 Å². The number of nitrogens with two attached hydrogens (primary N) is 1. The Hall–Kier alpha value is -3.62. The summed E-state index contributed by atoms with van der Waals surface area (Å²) in [5.74, 6) is -5.92. The molecule has 2 bridgehead atoms. The first-order valence-electron chi connectivity index (χ1n) is 24.5. The minimum Gasteiger partial charge on any atom is -0.467 e. The number of aliphatic hydroxyl groups is 10. The summed E-state index contributed by atoms with van der Waals surface area (Å²) in [6.45, 7) is 3.16. The molecule has 408 valence electrons. The fourth-order valence-corrected chi connectivity index (χ4v) is 8.88. The number of rotatable bonds is 8. The topological polar surface area (TPSA) is 338 Å². The van der Waals surface area contributed by atoms with Gasteiger partial charge < -0.3 is 85.8 Å². The first kappa shape index (κ1) is 62.7. The van der Waals surface area contributed by atoms with Crippen molar-refractivity contribution in [3.8, 4) is 0 Å². The smallest absolute Gasteiger partial charge is 0.328 e. The van der Waals surface area contributed by atoms with Gasteiger partial charge in [0.25, 0.3) is 0 Å². The van der Waals surface area contributed by atoms with Gasteiger partial charge in [0, 0.05) is 38.0 Å². The molecular formula is C51H80N2O18S. The standard InChI is InChI=1S/C51H80N2O18S/c1-31-17-15-13-11-9-7-5-6-8-10-12-14-16-18-36(70-50-47(63)46(52)42(61)30-68-50)27-43-45(48(64)53-37(21-22-72-4)49(65)67-3)41(60)29-51(66,71-43)28-35(56)25-40(59)38(57)20-19-33(54)24-34(55)26-44(62)69-32(2)23-39(31)58/h5-18,31-43,45-47,50,54-61,63,66H,19-30,52H2,1-4H3,(H,53,64)/b6-5+,9-7+,10-8+,13-11+,14-12+,17-15+,18-16+/t31-,32-,33?,34?,35?,36?,37-,38+,39-,40?,41-,42+,43-,45+,46-,47-,50-,51?/m0/s1. The molecule has 6 unspecified atom stereocenters. The summed E-state index contributed by atoms with van der Waals surface area (Å²) in [4.78, 5) is 39.4. The van der Waals surface area contributed by atoms with E-state index in [1.165, 1.54) is 11.8 Å². The molecule has 0 spiro atoms. The molecule has 0 aliphatic carbocycles. The second-order valence-corrected chi connectivity index (χ2v) is 19.7. The minimum atomic E-state index is -2.35. The Kier molecular flexibility index (Phi) is 28.4. The third-order valence-electron chi connectivity index (χ3n) is 12.5. The van der Waals surface area contributed by atoms with Crippen LogP contribution in [0.5, 0.6) is 0 Å². The highest BCUT2D eigenvalue weighted by Crippen LogP contribution is 2.38. The van der Waals surface area contributed by atoms with Crippen LogP contribution in [0.1, 0.15) is 78.1 Å². The lowest BCUT2D eigenvalue weighted by Gasteiger charge is -2.46. The Morgan fingerprint density at radius 3 is 1.99 bits per heavy atom. The average molecular weight is 1040 g/mol. The highest BCUT2D eigenvalue weighted by atomic mass is 32.2. The maximum absolute atomic E-state index is 14.1. The van der Waals surface area contributed by atoms with Crippen molar-refractivity contribution in [2.45, 2.75) is 175 Å². The molecule has 0 aromatic heterocycles. The predicted molar refractivity (Wildman–Crippen MR) is 267 cm³/mol. The summed E-state index contributed by atoms with van der Waals surface area (Å²) in [7, 11) is 1.16. The molecule has 0 aromatic rings. The lowest BCUT2D eigenvalue weighted by Crippen LogP contribution is -2.60. The molecule has 0 aromatic carbocycles. The fourth-order valence-electron chi connectivity index (χ4n) is 8.41. The number of hydrogen-bond acceptors (Lipinski definition) is 20. The number of nitrogens with one attached hydrogen (secondary N) is 1. The van der Waals surface area contributed by atoms with Crippen molar-refractivity contribution in [2.75, 3.05) is 25.7 Å². The van der Waals surface area contributed by atoms with Crippen LogP contribution >= 0.6 is 11.8 Å². The van der Waals surface area contributed by atoms with Gasteiger partial charge in [-0.3, -0.25) is 9.59 Å². The molecule has 3 aliphatic heterocycles. The number of carbonyl (C=O) groups excluding carboxylic acids is 3. The van der Waals surface area contributed by atoms with Crippen LogP contribution in [-0.2, 0) is 38.1 Å². The average Bonchev–Trinajstić information content (AvgIpc) is 3.30. The molecule has 0 saturated carbocycles. The number of carbonyl (C=O) groups is 3. The number of thioether (sulfide) groups is 1. The quantitative estimate of drug-likeness (QED) is 0.146. The molecular weight excluding hydrogens is 961 g/mol. The van der Waals surface area contributed by atoms with Gasteiger partial charge in [-0.25, -0.2) is 4.79 Å². The summed E-state index contributed by atoms with van der Waals surface area (Å²) in [5, 5.41) is 112. The molecule has 72 heavy (non-hydrogen) atoms. The third-order valence-corrected chi connectivity index (χ3v) is 13.1. The van der Waals surface area contributed by atoms with Gasteiger partial charge >= 0.3 is 11.9 Å². The predicted octanol–water partition coefficient (Wildman–Crippen LogP) is 0.404. The van der Waals surface area contributed by atoms with E-state index >= 15 is 0 Å². The van der Waals surface area contributed by atoms with Gasteiger partial charge in [0.1, 0.15) is 18.2 Å². The van der Waals surface area contributed by atoms with Gasteiger partial charge in [-0.05, 0) is 44.6 Å². The van der Waals surface area contributed by atoms with Gasteiger partial charge in [0.2, 0.25) is 5.91 Å². The zero-order valence-electron chi connectivity index (χ0n) is 41.6. The van der Waals surface area contributed by atoms with E-state index in [-0.39, 0.29) is 51.0 Å². The van der Waals surface area contributed by atoms with E-state index in [1.807, 2.05) is 25.3 Å². The highest BCUT2D eigenvalue weighted by molar-refractivity contribution is 7.98. The maximum Gasteiger partial charge on any atom is 0.328 e. The largest absolute Gasteiger partial charge is 0.467 e. The Balaban J connectivity index is 1.96. The van der Waals surface area contributed by atoms with Crippen molar-refractivity contribution in [3.63, 3.8) is 0 Å². The number of aliphatic hydroxyl groups excluding tert-OH is 9. The fraction of sp³-hybridized carbons (Fsp3) is 0.667. The van der Waals surface area contributed by atoms with Crippen LogP contribution in [0.4, 0.5) is 0 Å². The van der Waals surface area contributed by atoms with Crippen LogP contribution in [0.15, 0.2) is 85.1 Å². The molecule has 18 atom stereocenters. The molecule has 21 heteroatoms. The van der Waals surface area contributed by atoms with E-state index < -0.39 is 147 Å². The van der Waals surface area contributed by atoms with Crippen LogP contribution in [0.2, 0.25) is 0 Å². The summed E-state index contributed by atoms with van der Waals surface area (Å²) in [6.07, 6.45) is 6.48. The van der Waals surface area contributed by atoms with Crippen molar-refractivity contribution in [1.29, 1.82) is 0 Å². The zero-order chi connectivity index (χ0) is 53.4. The van der Waals surface area contributed by atoms with E-state index in [2.05, 4.69) is 5.32 Å². The first-order chi connectivity index (χ1) is 34.2. The summed E-state index contributed by atoms with van der Waals surface area (Å²) in [5.41, 5.74) is 6.03. The third kappa shape index (κ3) is 22.5. The monoisotopic (exact) mass is 1040 g/mol. The van der Waals surface area contributed by atoms with E-state index in [0.29, 0.717) is 5.75 Å². The lowest BCUT2D eigenvalue weighted by molar-refractivity contribution is -0.304. The molecule has 3 rings (SSSR count). The molecule has 2 saturated heterocycles. The van der Waals surface area contributed by atoms with Crippen LogP contribution in [0.3, 0.4) is 0 Å². The van der Waals surface area contributed by atoms with Crippen molar-refractivity contribution in [2.24, 2.45) is 17.6 Å². The van der Waals surface area contributed by atoms with Crippen molar-refractivity contribution < 1.29 is 89.1 Å². The highest BCUT2D eigenvalue weighted by Gasteiger charge is 2.51. The van der Waals surface area contributed by atoms with Gasteiger partial charge in [-0.2, -0.15) is 11.8 Å². The van der Waals surface area contributed by atoms with E-state index in [9.17, 15) is 65.4 Å². The SMILES string of the molecule is COC(=O)[C@H](CCSC)NC(=O)[C@H]1[C@@H]2CC(O[C@@H]3OC[C@@H](O)[C@H](N)[C@@H]3O)/C=C/C=C/C=C/C=C/C=C/C=C/C=C/[C@H](C)[C@@H](O)C[C@H](C)OC(=O)CC(O)CC(O)CC[C@@H](O)C(O)CC(O)CC(O)(C[C@@H]1O)O2. The number of hydrogen-bond donors (Lipinski definition) is 12. The minimum absolute atomic E-state index is 0.116.